The molecule has 0 bridgehead atoms. The molecule has 0 saturated carbocycles. The van der Waals surface area contributed by atoms with E-state index in [0.29, 0.717) is 16.0 Å². The van der Waals surface area contributed by atoms with Crippen LogP contribution < -0.4 is 10.6 Å². The Labute approximate surface area is 158 Å². The van der Waals surface area contributed by atoms with E-state index >= 15 is 0 Å². The zero-order chi connectivity index (χ0) is 18.1. The Kier molecular flexibility index (Phi) is 4.40. The number of anilines is 3. The molecule has 2 N–H and O–H groups in total. The molecule has 2 aromatic carbocycles. The fourth-order valence-electron chi connectivity index (χ4n) is 2.59. The van der Waals surface area contributed by atoms with Crippen LogP contribution in [0.25, 0.3) is 10.2 Å². The van der Waals surface area contributed by atoms with E-state index in [2.05, 4.69) is 33.6 Å². The number of carbonyl (C=O) groups excluding carboxylic acids is 1. The number of rotatable bonds is 4. The number of benzene rings is 2. The first kappa shape index (κ1) is 16.7. The summed E-state index contributed by atoms with van der Waals surface area (Å²) in [7, 11) is 0. The summed E-state index contributed by atoms with van der Waals surface area (Å²) in [5.74, 6) is -0.256. The van der Waals surface area contributed by atoms with Crippen LogP contribution in [0.1, 0.15) is 21.6 Å². The third-order valence-electron chi connectivity index (χ3n) is 3.87. The highest BCUT2D eigenvalue weighted by molar-refractivity contribution is 7.22. The molecule has 0 atom stereocenters. The van der Waals surface area contributed by atoms with E-state index in [4.69, 9.17) is 0 Å². The predicted octanol–water partition coefficient (Wildman–Crippen LogP) is 5.37. The van der Waals surface area contributed by atoms with Crippen molar-refractivity contribution in [2.75, 3.05) is 10.6 Å². The average molecular weight is 380 g/mol. The lowest BCUT2D eigenvalue weighted by molar-refractivity contribution is 0.102. The average Bonchev–Trinajstić information content (AvgIpc) is 3.23. The lowest BCUT2D eigenvalue weighted by Crippen LogP contribution is -2.12. The molecule has 2 heterocycles. The molecule has 0 aliphatic heterocycles. The molecule has 130 valence electrons. The van der Waals surface area contributed by atoms with Crippen LogP contribution in [0.2, 0.25) is 0 Å². The number of fused-ring (bicyclic) bond motifs is 1. The van der Waals surface area contributed by atoms with Gasteiger partial charge in [0.05, 0.1) is 10.2 Å². The Hall–Kier alpha value is -2.77. The quantitative estimate of drug-likeness (QED) is 0.500. The number of aryl methyl sites for hydroxylation is 2. The van der Waals surface area contributed by atoms with Gasteiger partial charge < -0.3 is 5.32 Å². The maximum absolute atomic E-state index is 12.4. The van der Waals surface area contributed by atoms with E-state index in [1.165, 1.54) is 28.2 Å². The SMILES string of the molecule is Cc1ccc(Nc2nc(C(=O)Nc3nc4ccccc4s3)cs2)c(C)c1. The number of nitrogens with zero attached hydrogens (tertiary/aromatic N) is 2. The van der Waals surface area contributed by atoms with Gasteiger partial charge in [-0.15, -0.1) is 11.3 Å². The van der Waals surface area contributed by atoms with Crippen LogP contribution in [0, 0.1) is 13.8 Å². The molecule has 0 aliphatic carbocycles. The lowest BCUT2D eigenvalue weighted by Gasteiger charge is -2.07. The summed E-state index contributed by atoms with van der Waals surface area (Å²) in [6.07, 6.45) is 0. The molecule has 2 aromatic heterocycles. The van der Waals surface area contributed by atoms with E-state index in [1.807, 2.05) is 43.3 Å². The van der Waals surface area contributed by atoms with Gasteiger partial charge in [0.25, 0.3) is 5.91 Å². The number of para-hydroxylation sites is 1. The first-order valence-corrected chi connectivity index (χ1v) is 9.75. The minimum Gasteiger partial charge on any atom is -0.331 e. The monoisotopic (exact) mass is 380 g/mol. The molecule has 1 amide bonds. The van der Waals surface area contributed by atoms with Crippen LogP contribution in [-0.2, 0) is 0 Å². The summed E-state index contributed by atoms with van der Waals surface area (Å²) in [5, 5.41) is 9.11. The van der Waals surface area contributed by atoms with Crippen LogP contribution in [0.3, 0.4) is 0 Å². The molecule has 26 heavy (non-hydrogen) atoms. The molecule has 4 rings (SSSR count). The van der Waals surface area contributed by atoms with Crippen LogP contribution in [0.5, 0.6) is 0 Å². The van der Waals surface area contributed by atoms with Crippen LogP contribution in [0.15, 0.2) is 47.8 Å². The van der Waals surface area contributed by atoms with Gasteiger partial charge in [0, 0.05) is 11.1 Å². The second kappa shape index (κ2) is 6.86. The highest BCUT2D eigenvalue weighted by Crippen LogP contribution is 2.27. The number of hydrogen-bond donors (Lipinski definition) is 2. The summed E-state index contributed by atoms with van der Waals surface area (Å²) in [6.45, 7) is 4.11. The number of carbonyl (C=O) groups is 1. The molecule has 0 fully saturated rings. The number of amides is 1. The summed E-state index contributed by atoms with van der Waals surface area (Å²) in [6, 6.07) is 14.0. The topological polar surface area (TPSA) is 66.9 Å². The van der Waals surface area contributed by atoms with Crippen molar-refractivity contribution in [2.45, 2.75) is 13.8 Å². The molecule has 0 unspecified atom stereocenters. The fourth-order valence-corrected chi connectivity index (χ4v) is 4.16. The Bertz CT molecular complexity index is 1070. The van der Waals surface area contributed by atoms with E-state index in [0.717, 1.165) is 21.5 Å². The summed E-state index contributed by atoms with van der Waals surface area (Å²) >= 11 is 2.85. The van der Waals surface area contributed by atoms with Crippen molar-refractivity contribution in [2.24, 2.45) is 0 Å². The van der Waals surface area contributed by atoms with E-state index in [1.54, 1.807) is 5.38 Å². The maximum atomic E-state index is 12.4. The molecule has 0 radical (unpaired) electrons. The third-order valence-corrected chi connectivity index (χ3v) is 5.58. The second-order valence-electron chi connectivity index (χ2n) is 5.92. The molecule has 7 heteroatoms. The van der Waals surface area contributed by atoms with E-state index < -0.39 is 0 Å². The van der Waals surface area contributed by atoms with Gasteiger partial charge in [0.1, 0.15) is 5.69 Å². The Balaban J connectivity index is 1.49. The zero-order valence-electron chi connectivity index (χ0n) is 14.2. The molecular weight excluding hydrogens is 364 g/mol. The highest BCUT2D eigenvalue weighted by Gasteiger charge is 2.14. The van der Waals surface area contributed by atoms with Gasteiger partial charge in [-0.1, -0.05) is 41.2 Å². The Morgan fingerprint density at radius 2 is 1.88 bits per heavy atom. The molecule has 0 aliphatic rings. The van der Waals surface area contributed by atoms with Crippen molar-refractivity contribution < 1.29 is 4.79 Å². The molecule has 5 nitrogen and oxygen atoms in total. The lowest BCUT2D eigenvalue weighted by atomic mass is 10.1. The maximum Gasteiger partial charge on any atom is 0.276 e. The molecular formula is C19H16N4OS2. The third kappa shape index (κ3) is 3.44. The van der Waals surface area contributed by atoms with Gasteiger partial charge in [-0.25, -0.2) is 9.97 Å². The minimum absolute atomic E-state index is 0.256. The van der Waals surface area contributed by atoms with Crippen LogP contribution in [0.4, 0.5) is 16.0 Å². The number of aromatic nitrogens is 2. The predicted molar refractivity (Wildman–Crippen MR) is 109 cm³/mol. The Morgan fingerprint density at radius 1 is 1.04 bits per heavy atom. The van der Waals surface area contributed by atoms with Gasteiger partial charge in [-0.05, 0) is 37.6 Å². The first-order chi connectivity index (χ1) is 12.6. The van der Waals surface area contributed by atoms with Crippen LogP contribution in [-0.4, -0.2) is 15.9 Å². The number of nitrogens with one attached hydrogen (secondary N) is 2. The normalized spacial score (nSPS) is 10.8. The summed E-state index contributed by atoms with van der Waals surface area (Å²) in [4.78, 5) is 21.3. The highest BCUT2D eigenvalue weighted by atomic mass is 32.1. The first-order valence-electron chi connectivity index (χ1n) is 8.05. The summed E-state index contributed by atoms with van der Waals surface area (Å²) in [5.41, 5.74) is 4.59. The van der Waals surface area contributed by atoms with Gasteiger partial charge in [0.15, 0.2) is 10.3 Å². The largest absolute Gasteiger partial charge is 0.331 e. The van der Waals surface area contributed by atoms with Gasteiger partial charge in [0.2, 0.25) is 0 Å². The molecule has 4 aromatic rings. The molecule has 0 saturated heterocycles. The zero-order valence-corrected chi connectivity index (χ0v) is 15.9. The van der Waals surface area contributed by atoms with E-state index in [9.17, 15) is 4.79 Å². The van der Waals surface area contributed by atoms with Gasteiger partial charge in [-0.3, -0.25) is 10.1 Å². The minimum atomic E-state index is -0.256. The second-order valence-corrected chi connectivity index (χ2v) is 7.81. The van der Waals surface area contributed by atoms with Crippen molar-refractivity contribution in [3.63, 3.8) is 0 Å². The van der Waals surface area contributed by atoms with Gasteiger partial charge >= 0.3 is 0 Å². The van der Waals surface area contributed by atoms with Gasteiger partial charge in [-0.2, -0.15) is 0 Å². The van der Waals surface area contributed by atoms with Crippen molar-refractivity contribution >= 4 is 54.7 Å². The van der Waals surface area contributed by atoms with Crippen molar-refractivity contribution in [3.8, 4) is 0 Å². The fraction of sp³-hybridized carbons (Fsp3) is 0.105. The van der Waals surface area contributed by atoms with E-state index in [-0.39, 0.29) is 5.91 Å². The van der Waals surface area contributed by atoms with Crippen molar-refractivity contribution in [1.29, 1.82) is 0 Å². The van der Waals surface area contributed by atoms with Crippen LogP contribution >= 0.6 is 22.7 Å². The smallest absolute Gasteiger partial charge is 0.276 e. The molecule has 0 spiro atoms. The Morgan fingerprint density at radius 3 is 2.69 bits per heavy atom. The summed E-state index contributed by atoms with van der Waals surface area (Å²) < 4.78 is 1.04. The van der Waals surface area contributed by atoms with Crippen molar-refractivity contribution in [1.82, 2.24) is 9.97 Å². The number of hydrogen-bond acceptors (Lipinski definition) is 6. The standard InChI is InChI=1S/C19H16N4OS2/c1-11-7-8-13(12(2)9-11)20-18-22-15(10-25-18)17(24)23-19-21-14-5-3-4-6-16(14)26-19/h3-10H,1-2H3,(H,20,22)(H,21,23,24). The van der Waals surface area contributed by atoms with Crippen molar-refractivity contribution in [3.05, 3.63) is 64.7 Å². The number of thiazole rings is 2.